The monoisotopic (exact) mass is 269 g/mol. The Hall–Kier alpha value is -0.240. The molecule has 0 amide bonds. The van der Waals surface area contributed by atoms with E-state index in [0.717, 1.165) is 16.0 Å². The summed E-state index contributed by atoms with van der Waals surface area (Å²) in [5, 5.41) is 5.22. The van der Waals surface area contributed by atoms with Crippen LogP contribution in [-0.4, -0.2) is 12.6 Å². The lowest BCUT2D eigenvalue weighted by Crippen LogP contribution is -2.43. The maximum Gasteiger partial charge on any atom is 0.0456 e. The SMILES string of the molecule is Clc1ccc([C@H]2CC[C@H]2NCC2CC2)c(Cl)c1. The molecule has 0 saturated heterocycles. The molecule has 92 valence electrons. The molecule has 0 unspecified atom stereocenters. The van der Waals surface area contributed by atoms with Crippen LogP contribution in [-0.2, 0) is 0 Å². The summed E-state index contributed by atoms with van der Waals surface area (Å²) >= 11 is 12.2. The van der Waals surface area contributed by atoms with Crippen molar-refractivity contribution in [3.05, 3.63) is 33.8 Å². The molecular weight excluding hydrogens is 253 g/mol. The fourth-order valence-electron chi connectivity index (χ4n) is 2.56. The van der Waals surface area contributed by atoms with Crippen molar-refractivity contribution in [3.63, 3.8) is 0 Å². The predicted octanol–water partition coefficient (Wildman–Crippen LogP) is 4.24. The molecule has 0 aromatic heterocycles. The summed E-state index contributed by atoms with van der Waals surface area (Å²) in [5.41, 5.74) is 1.26. The molecule has 2 aliphatic rings. The molecule has 0 heterocycles. The van der Waals surface area contributed by atoms with Gasteiger partial charge in [0.2, 0.25) is 0 Å². The minimum absolute atomic E-state index is 0.582. The van der Waals surface area contributed by atoms with Crippen LogP contribution in [0.3, 0.4) is 0 Å². The number of nitrogens with one attached hydrogen (secondary N) is 1. The smallest absolute Gasteiger partial charge is 0.0456 e. The maximum atomic E-state index is 6.27. The Morgan fingerprint density at radius 3 is 2.53 bits per heavy atom. The molecule has 2 aliphatic carbocycles. The van der Waals surface area contributed by atoms with Gasteiger partial charge in [0.25, 0.3) is 0 Å². The minimum Gasteiger partial charge on any atom is -0.313 e. The van der Waals surface area contributed by atoms with E-state index in [9.17, 15) is 0 Å². The van der Waals surface area contributed by atoms with Crippen molar-refractivity contribution in [1.82, 2.24) is 5.32 Å². The van der Waals surface area contributed by atoms with Crippen molar-refractivity contribution >= 4 is 23.2 Å². The highest BCUT2D eigenvalue weighted by Crippen LogP contribution is 2.41. The van der Waals surface area contributed by atoms with Crippen LogP contribution >= 0.6 is 23.2 Å². The fourth-order valence-corrected chi connectivity index (χ4v) is 3.11. The molecule has 1 aromatic rings. The summed E-state index contributed by atoms with van der Waals surface area (Å²) in [7, 11) is 0. The lowest BCUT2D eigenvalue weighted by Gasteiger charge is -2.38. The van der Waals surface area contributed by atoms with Crippen molar-refractivity contribution in [1.29, 1.82) is 0 Å². The minimum atomic E-state index is 0.582. The normalized spacial score (nSPS) is 27.9. The highest BCUT2D eigenvalue weighted by Gasteiger charge is 2.34. The zero-order chi connectivity index (χ0) is 11.8. The van der Waals surface area contributed by atoms with Crippen LogP contribution < -0.4 is 5.32 Å². The third kappa shape index (κ3) is 2.62. The zero-order valence-electron chi connectivity index (χ0n) is 9.76. The van der Waals surface area contributed by atoms with Crippen LogP contribution in [0.25, 0.3) is 0 Å². The molecule has 1 nitrogen and oxygen atoms in total. The molecular formula is C14H17Cl2N. The highest BCUT2D eigenvalue weighted by molar-refractivity contribution is 6.35. The van der Waals surface area contributed by atoms with Crippen molar-refractivity contribution in [2.24, 2.45) is 5.92 Å². The summed E-state index contributed by atoms with van der Waals surface area (Å²) in [5.74, 6) is 1.52. The molecule has 2 atom stereocenters. The predicted molar refractivity (Wildman–Crippen MR) is 73.0 cm³/mol. The standard InChI is InChI=1S/C14H17Cl2N/c15-10-3-4-11(13(16)7-10)12-5-6-14(12)17-8-9-1-2-9/h3-4,7,9,12,14,17H,1-2,5-6,8H2/t12-,14-/m1/s1. The molecule has 1 N–H and O–H groups in total. The van der Waals surface area contributed by atoms with E-state index in [-0.39, 0.29) is 0 Å². The molecule has 3 rings (SSSR count). The van der Waals surface area contributed by atoms with Crippen LogP contribution in [0.15, 0.2) is 18.2 Å². The van der Waals surface area contributed by atoms with Gasteiger partial charge in [0, 0.05) is 22.0 Å². The van der Waals surface area contributed by atoms with Crippen LogP contribution in [0.4, 0.5) is 0 Å². The highest BCUT2D eigenvalue weighted by atomic mass is 35.5. The maximum absolute atomic E-state index is 6.27. The Labute approximate surface area is 112 Å². The van der Waals surface area contributed by atoms with Gasteiger partial charge in [-0.05, 0) is 55.8 Å². The second-order valence-corrected chi connectivity index (χ2v) is 6.15. The zero-order valence-corrected chi connectivity index (χ0v) is 11.3. The quantitative estimate of drug-likeness (QED) is 0.862. The van der Waals surface area contributed by atoms with Gasteiger partial charge in [0.1, 0.15) is 0 Å². The van der Waals surface area contributed by atoms with Crippen molar-refractivity contribution in [3.8, 4) is 0 Å². The van der Waals surface area contributed by atoms with E-state index < -0.39 is 0 Å². The van der Waals surface area contributed by atoms with E-state index in [2.05, 4.69) is 11.4 Å². The summed E-state index contributed by atoms with van der Waals surface area (Å²) < 4.78 is 0. The lowest BCUT2D eigenvalue weighted by molar-refractivity contribution is 0.281. The first kappa shape index (κ1) is 11.8. The largest absolute Gasteiger partial charge is 0.313 e. The molecule has 0 radical (unpaired) electrons. The van der Waals surface area contributed by atoms with Crippen molar-refractivity contribution < 1.29 is 0 Å². The molecule has 0 aliphatic heterocycles. The molecule has 3 heteroatoms. The number of rotatable bonds is 4. The summed E-state index contributed by atoms with van der Waals surface area (Å²) in [6.07, 6.45) is 5.33. The Balaban J connectivity index is 1.66. The van der Waals surface area contributed by atoms with Crippen LogP contribution in [0.2, 0.25) is 10.0 Å². The fraction of sp³-hybridized carbons (Fsp3) is 0.571. The molecule has 1 aromatic carbocycles. The van der Waals surface area contributed by atoms with E-state index in [0.29, 0.717) is 12.0 Å². The van der Waals surface area contributed by atoms with Crippen LogP contribution in [0.5, 0.6) is 0 Å². The van der Waals surface area contributed by atoms with Gasteiger partial charge in [-0.3, -0.25) is 0 Å². The number of halogens is 2. The lowest BCUT2D eigenvalue weighted by atomic mass is 9.75. The Morgan fingerprint density at radius 2 is 1.94 bits per heavy atom. The first-order valence-electron chi connectivity index (χ1n) is 6.42. The van der Waals surface area contributed by atoms with Gasteiger partial charge in [0.15, 0.2) is 0 Å². The van der Waals surface area contributed by atoms with E-state index in [1.165, 1.54) is 37.8 Å². The second kappa shape index (κ2) is 4.79. The van der Waals surface area contributed by atoms with Crippen molar-refractivity contribution in [2.75, 3.05) is 6.54 Å². The molecule has 17 heavy (non-hydrogen) atoms. The Bertz CT molecular complexity index is 415. The summed E-state index contributed by atoms with van der Waals surface area (Å²) in [6, 6.07) is 6.50. The first-order chi connectivity index (χ1) is 8.24. The third-order valence-electron chi connectivity index (χ3n) is 4.00. The average Bonchev–Trinajstić information content (AvgIpc) is 3.04. The van der Waals surface area contributed by atoms with E-state index >= 15 is 0 Å². The van der Waals surface area contributed by atoms with Gasteiger partial charge in [-0.15, -0.1) is 0 Å². The van der Waals surface area contributed by atoms with E-state index in [4.69, 9.17) is 23.2 Å². The number of benzene rings is 1. The van der Waals surface area contributed by atoms with Crippen LogP contribution in [0, 0.1) is 5.92 Å². The van der Waals surface area contributed by atoms with Gasteiger partial charge < -0.3 is 5.32 Å². The molecule has 0 bridgehead atoms. The van der Waals surface area contributed by atoms with Crippen molar-refractivity contribution in [2.45, 2.75) is 37.6 Å². The summed E-state index contributed by atoms with van der Waals surface area (Å²) in [4.78, 5) is 0. The summed E-state index contributed by atoms with van der Waals surface area (Å²) in [6.45, 7) is 1.19. The number of hydrogen-bond donors (Lipinski definition) is 1. The van der Waals surface area contributed by atoms with Gasteiger partial charge in [-0.1, -0.05) is 29.3 Å². The average molecular weight is 270 g/mol. The van der Waals surface area contributed by atoms with Gasteiger partial charge >= 0.3 is 0 Å². The Morgan fingerprint density at radius 1 is 1.12 bits per heavy atom. The Kier molecular flexibility index (Phi) is 3.34. The van der Waals surface area contributed by atoms with Gasteiger partial charge in [0.05, 0.1) is 0 Å². The van der Waals surface area contributed by atoms with E-state index in [1.807, 2.05) is 12.1 Å². The third-order valence-corrected chi connectivity index (χ3v) is 4.56. The second-order valence-electron chi connectivity index (χ2n) is 5.31. The van der Waals surface area contributed by atoms with Crippen LogP contribution in [0.1, 0.15) is 37.2 Å². The first-order valence-corrected chi connectivity index (χ1v) is 7.18. The van der Waals surface area contributed by atoms with Gasteiger partial charge in [-0.2, -0.15) is 0 Å². The van der Waals surface area contributed by atoms with Gasteiger partial charge in [-0.25, -0.2) is 0 Å². The topological polar surface area (TPSA) is 12.0 Å². The van der Waals surface area contributed by atoms with E-state index in [1.54, 1.807) is 0 Å². The molecule has 0 spiro atoms. The number of hydrogen-bond acceptors (Lipinski definition) is 1. The molecule has 2 fully saturated rings. The molecule has 2 saturated carbocycles.